The molecule has 0 heterocycles. The molecule has 21 heavy (non-hydrogen) atoms. The van der Waals surface area contributed by atoms with Gasteiger partial charge in [0.2, 0.25) is 0 Å². The van der Waals surface area contributed by atoms with Crippen LogP contribution in [0.4, 0.5) is 4.39 Å². The van der Waals surface area contributed by atoms with Crippen molar-refractivity contribution in [2.75, 3.05) is 6.54 Å². The second-order valence-corrected chi connectivity index (χ2v) is 7.17. The van der Waals surface area contributed by atoms with Gasteiger partial charge in [-0.25, -0.2) is 4.39 Å². The molecule has 1 fully saturated rings. The summed E-state index contributed by atoms with van der Waals surface area (Å²) in [5.41, 5.74) is 0.844. The third-order valence-corrected chi connectivity index (χ3v) is 5.07. The van der Waals surface area contributed by atoms with Crippen molar-refractivity contribution in [3.05, 3.63) is 34.1 Å². The van der Waals surface area contributed by atoms with E-state index in [2.05, 4.69) is 28.2 Å². The van der Waals surface area contributed by atoms with Crippen molar-refractivity contribution in [1.29, 1.82) is 0 Å². The Morgan fingerprint density at radius 1 is 1.24 bits per heavy atom. The van der Waals surface area contributed by atoms with E-state index in [-0.39, 0.29) is 5.82 Å². The summed E-state index contributed by atoms with van der Waals surface area (Å²) in [6, 6.07) is 5.87. The molecule has 2 rings (SSSR count). The monoisotopic (exact) mass is 355 g/mol. The maximum atomic E-state index is 14.1. The molecule has 1 aliphatic rings. The zero-order valence-corrected chi connectivity index (χ0v) is 14.6. The minimum absolute atomic E-state index is 0.0821. The van der Waals surface area contributed by atoms with E-state index in [1.165, 1.54) is 38.5 Å². The first kappa shape index (κ1) is 17.0. The molecule has 0 aliphatic heterocycles. The summed E-state index contributed by atoms with van der Waals surface area (Å²) < 4.78 is 14.9. The molecule has 3 heteroatoms. The standard InChI is InChI=1S/C18H27BrFN/c1-2-11-21-18(14-7-5-3-4-6-8-14)12-15-9-10-16(19)13-17(15)20/h9-10,13-14,18,21H,2-8,11-12H2,1H3. The van der Waals surface area contributed by atoms with Crippen LogP contribution >= 0.6 is 15.9 Å². The normalized spacial score (nSPS) is 18.4. The highest BCUT2D eigenvalue weighted by Crippen LogP contribution is 2.28. The minimum atomic E-state index is -0.0821. The topological polar surface area (TPSA) is 12.0 Å². The zero-order chi connectivity index (χ0) is 15.1. The fourth-order valence-electron chi connectivity index (χ4n) is 3.37. The third-order valence-electron chi connectivity index (χ3n) is 4.58. The molecule has 0 saturated heterocycles. The van der Waals surface area contributed by atoms with Crippen molar-refractivity contribution >= 4 is 15.9 Å². The molecule has 0 amide bonds. The van der Waals surface area contributed by atoms with Gasteiger partial charge in [0.05, 0.1) is 0 Å². The highest BCUT2D eigenvalue weighted by Gasteiger charge is 2.23. The Bertz CT molecular complexity index is 427. The van der Waals surface area contributed by atoms with Gasteiger partial charge in [0.15, 0.2) is 0 Å². The quantitative estimate of drug-likeness (QED) is 0.667. The Hall–Kier alpha value is -0.410. The second kappa shape index (κ2) is 8.89. The summed E-state index contributed by atoms with van der Waals surface area (Å²) in [5, 5.41) is 3.68. The van der Waals surface area contributed by atoms with Crippen molar-refractivity contribution in [3.8, 4) is 0 Å². The van der Waals surface area contributed by atoms with Crippen LogP contribution in [-0.4, -0.2) is 12.6 Å². The molecular weight excluding hydrogens is 329 g/mol. The Morgan fingerprint density at radius 3 is 2.57 bits per heavy atom. The number of halogens is 2. The summed E-state index contributed by atoms with van der Waals surface area (Å²) in [5.74, 6) is 0.614. The van der Waals surface area contributed by atoms with Gasteiger partial charge in [-0.15, -0.1) is 0 Å². The van der Waals surface area contributed by atoms with Crippen LogP contribution in [0.25, 0.3) is 0 Å². The van der Waals surface area contributed by atoms with Gasteiger partial charge in [-0.1, -0.05) is 54.6 Å². The van der Waals surface area contributed by atoms with E-state index in [1.807, 2.05) is 12.1 Å². The maximum absolute atomic E-state index is 14.1. The fourth-order valence-corrected chi connectivity index (χ4v) is 3.71. The maximum Gasteiger partial charge on any atom is 0.127 e. The molecule has 1 saturated carbocycles. The molecule has 0 aromatic heterocycles. The van der Waals surface area contributed by atoms with Crippen LogP contribution in [-0.2, 0) is 6.42 Å². The zero-order valence-electron chi connectivity index (χ0n) is 13.0. The van der Waals surface area contributed by atoms with E-state index >= 15 is 0 Å². The SMILES string of the molecule is CCCNC(Cc1ccc(Br)cc1F)C1CCCCCC1. The van der Waals surface area contributed by atoms with Crippen molar-refractivity contribution in [3.63, 3.8) is 0 Å². The van der Waals surface area contributed by atoms with Crippen LogP contribution < -0.4 is 5.32 Å². The summed E-state index contributed by atoms with van der Waals surface area (Å²) >= 11 is 3.34. The van der Waals surface area contributed by atoms with Crippen LogP contribution in [0.1, 0.15) is 57.4 Å². The number of hydrogen-bond donors (Lipinski definition) is 1. The molecule has 1 aromatic carbocycles. The molecule has 0 bridgehead atoms. The lowest BCUT2D eigenvalue weighted by Crippen LogP contribution is -2.38. The number of nitrogens with one attached hydrogen (secondary N) is 1. The van der Waals surface area contributed by atoms with E-state index < -0.39 is 0 Å². The molecule has 1 aliphatic carbocycles. The van der Waals surface area contributed by atoms with Crippen LogP contribution in [0, 0.1) is 11.7 Å². The predicted molar refractivity (Wildman–Crippen MR) is 91.1 cm³/mol. The average molecular weight is 356 g/mol. The molecule has 1 atom stereocenters. The van der Waals surface area contributed by atoms with Gasteiger partial charge < -0.3 is 5.32 Å². The van der Waals surface area contributed by atoms with E-state index in [0.717, 1.165) is 29.4 Å². The molecule has 1 nitrogen and oxygen atoms in total. The highest BCUT2D eigenvalue weighted by atomic mass is 79.9. The summed E-state index contributed by atoms with van der Waals surface area (Å²) in [7, 11) is 0. The first-order valence-corrected chi connectivity index (χ1v) is 9.17. The van der Waals surface area contributed by atoms with Gasteiger partial charge >= 0.3 is 0 Å². The van der Waals surface area contributed by atoms with E-state index in [4.69, 9.17) is 0 Å². The molecular formula is C18H27BrFN. The van der Waals surface area contributed by atoms with Gasteiger partial charge in [0, 0.05) is 10.5 Å². The Labute approximate surface area is 136 Å². The predicted octanol–water partition coefficient (Wildman–Crippen LogP) is 5.47. The lowest BCUT2D eigenvalue weighted by molar-refractivity contribution is 0.315. The molecule has 0 spiro atoms. The summed E-state index contributed by atoms with van der Waals surface area (Å²) in [6.07, 6.45) is 9.91. The van der Waals surface area contributed by atoms with Crippen molar-refractivity contribution < 1.29 is 4.39 Å². The van der Waals surface area contributed by atoms with E-state index in [9.17, 15) is 4.39 Å². The van der Waals surface area contributed by atoms with Crippen molar-refractivity contribution in [2.45, 2.75) is 64.3 Å². The smallest absolute Gasteiger partial charge is 0.127 e. The molecule has 1 unspecified atom stereocenters. The Balaban J connectivity index is 2.07. The third kappa shape index (κ3) is 5.37. The Kier molecular flexibility index (Phi) is 7.18. The van der Waals surface area contributed by atoms with Crippen LogP contribution in [0.5, 0.6) is 0 Å². The van der Waals surface area contributed by atoms with Gasteiger partial charge in [0.25, 0.3) is 0 Å². The Morgan fingerprint density at radius 2 is 1.95 bits per heavy atom. The number of hydrogen-bond acceptors (Lipinski definition) is 1. The van der Waals surface area contributed by atoms with Gasteiger partial charge in [-0.3, -0.25) is 0 Å². The van der Waals surface area contributed by atoms with E-state index in [1.54, 1.807) is 6.07 Å². The molecule has 0 radical (unpaired) electrons. The average Bonchev–Trinajstić information content (AvgIpc) is 2.74. The van der Waals surface area contributed by atoms with Crippen LogP contribution in [0.2, 0.25) is 0 Å². The number of benzene rings is 1. The fraction of sp³-hybridized carbons (Fsp3) is 0.667. The van der Waals surface area contributed by atoms with Gasteiger partial charge in [0.1, 0.15) is 5.82 Å². The first-order valence-electron chi connectivity index (χ1n) is 8.38. The lowest BCUT2D eigenvalue weighted by atomic mass is 9.87. The van der Waals surface area contributed by atoms with Crippen molar-refractivity contribution in [1.82, 2.24) is 5.32 Å². The van der Waals surface area contributed by atoms with Crippen molar-refractivity contribution in [2.24, 2.45) is 5.92 Å². The van der Waals surface area contributed by atoms with Gasteiger partial charge in [-0.2, -0.15) is 0 Å². The largest absolute Gasteiger partial charge is 0.313 e. The number of rotatable bonds is 6. The first-order chi connectivity index (χ1) is 10.2. The minimum Gasteiger partial charge on any atom is -0.313 e. The molecule has 1 aromatic rings. The molecule has 1 N–H and O–H groups in total. The highest BCUT2D eigenvalue weighted by molar-refractivity contribution is 9.10. The summed E-state index contributed by atoms with van der Waals surface area (Å²) in [4.78, 5) is 0. The van der Waals surface area contributed by atoms with Crippen LogP contribution in [0.15, 0.2) is 22.7 Å². The second-order valence-electron chi connectivity index (χ2n) is 6.25. The van der Waals surface area contributed by atoms with Gasteiger partial charge in [-0.05, 0) is 55.8 Å². The van der Waals surface area contributed by atoms with Crippen LogP contribution in [0.3, 0.4) is 0 Å². The summed E-state index contributed by atoms with van der Waals surface area (Å²) in [6.45, 7) is 3.22. The molecule has 118 valence electrons. The lowest BCUT2D eigenvalue weighted by Gasteiger charge is -2.27. The van der Waals surface area contributed by atoms with E-state index in [0.29, 0.717) is 12.0 Å².